The van der Waals surface area contributed by atoms with Crippen molar-refractivity contribution in [3.63, 3.8) is 0 Å². The summed E-state index contributed by atoms with van der Waals surface area (Å²) in [5.74, 6) is 0.195. The monoisotopic (exact) mass is 415 g/mol. The zero-order valence-corrected chi connectivity index (χ0v) is 17.5. The fraction of sp³-hybridized carbons (Fsp3) is 0.286. The van der Waals surface area contributed by atoms with Gasteiger partial charge in [0.2, 0.25) is 0 Å². The van der Waals surface area contributed by atoms with Gasteiger partial charge in [0.15, 0.2) is 5.11 Å². The first-order chi connectivity index (χ1) is 13.9. The summed E-state index contributed by atoms with van der Waals surface area (Å²) in [6.45, 7) is 3.53. The van der Waals surface area contributed by atoms with E-state index in [1.807, 2.05) is 6.92 Å². The summed E-state index contributed by atoms with van der Waals surface area (Å²) in [6.07, 6.45) is 0. The number of ether oxygens (including phenoxy) is 2. The lowest BCUT2D eigenvalue weighted by Crippen LogP contribution is -2.34. The Morgan fingerprint density at radius 1 is 1.03 bits per heavy atom. The number of hydrogen-bond donors (Lipinski definition) is 2. The molecule has 0 aliphatic rings. The van der Waals surface area contributed by atoms with E-state index in [2.05, 4.69) is 10.6 Å². The van der Waals surface area contributed by atoms with E-state index in [9.17, 15) is 9.59 Å². The molecule has 0 aliphatic carbocycles. The van der Waals surface area contributed by atoms with Crippen LogP contribution in [0.4, 0.5) is 5.69 Å². The van der Waals surface area contributed by atoms with E-state index in [1.54, 1.807) is 62.6 Å². The van der Waals surface area contributed by atoms with Gasteiger partial charge < -0.3 is 19.7 Å². The first-order valence-electron chi connectivity index (χ1n) is 9.15. The van der Waals surface area contributed by atoms with Crippen LogP contribution in [0.3, 0.4) is 0 Å². The number of nitrogens with one attached hydrogen (secondary N) is 2. The number of hydrogen-bond acceptors (Lipinski definition) is 5. The molecule has 0 radical (unpaired) electrons. The highest BCUT2D eigenvalue weighted by atomic mass is 32.1. The van der Waals surface area contributed by atoms with Crippen molar-refractivity contribution >= 4 is 34.8 Å². The highest BCUT2D eigenvalue weighted by Gasteiger charge is 2.11. The average molecular weight is 416 g/mol. The lowest BCUT2D eigenvalue weighted by atomic mass is 10.2. The molecule has 2 N–H and O–H groups in total. The van der Waals surface area contributed by atoms with Gasteiger partial charge in [-0.2, -0.15) is 0 Å². The van der Waals surface area contributed by atoms with Gasteiger partial charge in [-0.3, -0.25) is 14.9 Å². The second-order valence-corrected chi connectivity index (χ2v) is 6.67. The Labute approximate surface area is 176 Å². The fourth-order valence-corrected chi connectivity index (χ4v) is 2.60. The molecular formula is C21H25N3O4S. The number of carbonyl (C=O) groups is 2. The molecule has 0 unspecified atom stereocenters. The standard InChI is InChI=1S/C21H25N3O4S/c1-4-27-12-13-28-18-10-8-15(9-11-18)19(25)23-21(29)22-17-7-5-6-16(14-17)20(26)24(2)3/h5-11,14H,4,12-13H2,1-3H3,(H2,22,23,25,29). The van der Waals surface area contributed by atoms with Gasteiger partial charge in [-0.25, -0.2) is 0 Å². The number of carbonyl (C=O) groups excluding carboxylic acids is 2. The van der Waals surface area contributed by atoms with E-state index < -0.39 is 0 Å². The molecule has 154 valence electrons. The molecule has 2 amide bonds. The van der Waals surface area contributed by atoms with E-state index >= 15 is 0 Å². The summed E-state index contributed by atoms with van der Waals surface area (Å²) >= 11 is 5.20. The molecule has 0 saturated heterocycles. The smallest absolute Gasteiger partial charge is 0.257 e. The minimum Gasteiger partial charge on any atom is -0.491 e. The Kier molecular flexibility index (Phi) is 8.57. The zero-order chi connectivity index (χ0) is 21.2. The topological polar surface area (TPSA) is 79.9 Å². The minimum absolute atomic E-state index is 0.118. The van der Waals surface area contributed by atoms with Gasteiger partial charge in [0.25, 0.3) is 11.8 Å². The highest BCUT2D eigenvalue weighted by molar-refractivity contribution is 7.80. The molecule has 29 heavy (non-hydrogen) atoms. The van der Waals surface area contributed by atoms with Gasteiger partial charge in [0.05, 0.1) is 6.61 Å². The Hall–Kier alpha value is -2.97. The number of anilines is 1. The predicted octanol–water partition coefficient (Wildman–Crippen LogP) is 2.93. The van der Waals surface area contributed by atoms with E-state index in [0.29, 0.717) is 42.4 Å². The molecule has 0 aromatic heterocycles. The molecule has 8 heteroatoms. The van der Waals surface area contributed by atoms with Crippen LogP contribution in [0.25, 0.3) is 0 Å². The Morgan fingerprint density at radius 2 is 1.76 bits per heavy atom. The number of thiocarbonyl (C=S) groups is 1. The van der Waals surface area contributed by atoms with Crippen molar-refractivity contribution in [3.05, 3.63) is 59.7 Å². The van der Waals surface area contributed by atoms with Crippen LogP contribution in [0.5, 0.6) is 5.75 Å². The average Bonchev–Trinajstić information content (AvgIpc) is 2.71. The summed E-state index contributed by atoms with van der Waals surface area (Å²) in [7, 11) is 3.37. The SMILES string of the molecule is CCOCCOc1ccc(C(=O)NC(=S)Nc2cccc(C(=O)N(C)C)c2)cc1. The van der Waals surface area contributed by atoms with Crippen LogP contribution in [0.1, 0.15) is 27.6 Å². The van der Waals surface area contributed by atoms with Crippen molar-refractivity contribution in [1.82, 2.24) is 10.2 Å². The van der Waals surface area contributed by atoms with Gasteiger partial charge in [-0.15, -0.1) is 0 Å². The minimum atomic E-state index is -0.344. The van der Waals surface area contributed by atoms with Gasteiger partial charge >= 0.3 is 0 Å². The van der Waals surface area contributed by atoms with Gasteiger partial charge in [-0.1, -0.05) is 6.07 Å². The van der Waals surface area contributed by atoms with Crippen molar-refractivity contribution in [1.29, 1.82) is 0 Å². The Bertz CT molecular complexity index is 853. The third kappa shape index (κ3) is 7.17. The molecule has 0 heterocycles. The summed E-state index contributed by atoms with van der Waals surface area (Å²) < 4.78 is 10.7. The van der Waals surface area contributed by atoms with Gasteiger partial charge in [-0.05, 0) is 61.6 Å². The van der Waals surface area contributed by atoms with E-state index in [4.69, 9.17) is 21.7 Å². The molecule has 2 aromatic rings. The molecule has 0 aliphatic heterocycles. The van der Waals surface area contributed by atoms with Crippen molar-refractivity contribution in [2.75, 3.05) is 39.2 Å². The second kappa shape index (κ2) is 11.1. The lowest BCUT2D eigenvalue weighted by molar-refractivity contribution is 0.0827. The number of amides is 2. The molecule has 2 aromatic carbocycles. The molecule has 0 saturated carbocycles. The number of nitrogens with zero attached hydrogens (tertiary/aromatic N) is 1. The number of rotatable bonds is 8. The number of benzene rings is 2. The molecule has 0 bridgehead atoms. The fourth-order valence-electron chi connectivity index (χ4n) is 2.39. The summed E-state index contributed by atoms with van der Waals surface area (Å²) in [5.41, 5.74) is 1.58. The molecular weight excluding hydrogens is 390 g/mol. The maximum absolute atomic E-state index is 12.4. The van der Waals surface area contributed by atoms with Crippen molar-refractivity contribution < 1.29 is 19.1 Å². The largest absolute Gasteiger partial charge is 0.491 e. The van der Waals surface area contributed by atoms with Crippen LogP contribution in [-0.4, -0.2) is 55.7 Å². The first kappa shape index (κ1) is 22.3. The summed E-state index contributed by atoms with van der Waals surface area (Å²) in [5, 5.41) is 5.68. The van der Waals surface area contributed by atoms with Gasteiger partial charge in [0, 0.05) is 37.5 Å². The van der Waals surface area contributed by atoms with Crippen LogP contribution < -0.4 is 15.4 Å². The van der Waals surface area contributed by atoms with Crippen LogP contribution >= 0.6 is 12.2 Å². The van der Waals surface area contributed by atoms with Crippen molar-refractivity contribution in [2.45, 2.75) is 6.92 Å². The van der Waals surface area contributed by atoms with E-state index in [0.717, 1.165) is 0 Å². The Morgan fingerprint density at radius 3 is 2.41 bits per heavy atom. The quantitative estimate of drug-likeness (QED) is 0.510. The van der Waals surface area contributed by atoms with Crippen LogP contribution in [0.2, 0.25) is 0 Å². The third-order valence-corrected chi connectivity index (χ3v) is 4.02. The highest BCUT2D eigenvalue weighted by Crippen LogP contribution is 2.14. The molecule has 0 spiro atoms. The summed E-state index contributed by atoms with van der Waals surface area (Å²) in [6, 6.07) is 13.6. The predicted molar refractivity (Wildman–Crippen MR) is 117 cm³/mol. The van der Waals surface area contributed by atoms with E-state index in [1.165, 1.54) is 4.90 Å². The van der Waals surface area contributed by atoms with Crippen molar-refractivity contribution in [3.8, 4) is 5.75 Å². The maximum Gasteiger partial charge on any atom is 0.257 e. The maximum atomic E-state index is 12.4. The van der Waals surface area contributed by atoms with E-state index in [-0.39, 0.29) is 16.9 Å². The Balaban J connectivity index is 1.90. The normalized spacial score (nSPS) is 10.2. The zero-order valence-electron chi connectivity index (χ0n) is 16.7. The van der Waals surface area contributed by atoms with Crippen LogP contribution in [0.15, 0.2) is 48.5 Å². The summed E-state index contributed by atoms with van der Waals surface area (Å²) in [4.78, 5) is 25.9. The van der Waals surface area contributed by atoms with Crippen LogP contribution in [-0.2, 0) is 4.74 Å². The second-order valence-electron chi connectivity index (χ2n) is 6.26. The molecule has 0 fully saturated rings. The molecule has 7 nitrogen and oxygen atoms in total. The van der Waals surface area contributed by atoms with Crippen molar-refractivity contribution in [2.24, 2.45) is 0 Å². The van der Waals surface area contributed by atoms with Crippen LogP contribution in [0, 0.1) is 0 Å². The lowest BCUT2D eigenvalue weighted by Gasteiger charge is -2.13. The first-order valence-corrected chi connectivity index (χ1v) is 9.56. The third-order valence-electron chi connectivity index (χ3n) is 3.82. The molecule has 0 atom stereocenters. The van der Waals surface area contributed by atoms with Gasteiger partial charge in [0.1, 0.15) is 12.4 Å². The molecule has 2 rings (SSSR count).